The molecule has 3 heteroatoms. The number of aliphatic hydroxyl groups is 1. The van der Waals surface area contributed by atoms with E-state index >= 15 is 0 Å². The van der Waals surface area contributed by atoms with Gasteiger partial charge in [-0.15, -0.1) is 0 Å². The van der Waals surface area contributed by atoms with Gasteiger partial charge < -0.3 is 10.0 Å². The topological polar surface area (TPSA) is 36.4 Å². The molecule has 15 heavy (non-hydrogen) atoms. The SMILES string of the molecule is CC(C1CC1)N(C)c1ccc(CO)cn1. The van der Waals surface area contributed by atoms with Gasteiger partial charge in [-0.25, -0.2) is 4.98 Å². The molecule has 1 N–H and O–H groups in total. The highest BCUT2D eigenvalue weighted by Gasteiger charge is 2.30. The Hall–Kier alpha value is -1.09. The highest BCUT2D eigenvalue weighted by Crippen LogP contribution is 2.35. The molecule has 1 atom stereocenters. The minimum Gasteiger partial charge on any atom is -0.392 e. The monoisotopic (exact) mass is 206 g/mol. The number of rotatable bonds is 4. The molecule has 0 bridgehead atoms. The van der Waals surface area contributed by atoms with Crippen molar-refractivity contribution < 1.29 is 5.11 Å². The van der Waals surface area contributed by atoms with Crippen LogP contribution in [0.1, 0.15) is 25.3 Å². The maximum atomic E-state index is 8.92. The molecule has 1 saturated carbocycles. The lowest BCUT2D eigenvalue weighted by molar-refractivity contribution is 0.281. The third-order valence-corrected chi connectivity index (χ3v) is 3.27. The van der Waals surface area contributed by atoms with E-state index in [1.807, 2.05) is 12.1 Å². The van der Waals surface area contributed by atoms with Crippen molar-refractivity contribution in [1.82, 2.24) is 4.98 Å². The molecule has 1 heterocycles. The fraction of sp³-hybridized carbons (Fsp3) is 0.583. The van der Waals surface area contributed by atoms with E-state index in [4.69, 9.17) is 5.11 Å². The predicted octanol–water partition coefficient (Wildman–Crippen LogP) is 1.81. The Balaban J connectivity index is 2.07. The summed E-state index contributed by atoms with van der Waals surface area (Å²) in [6, 6.07) is 4.47. The van der Waals surface area contributed by atoms with Gasteiger partial charge in [-0.2, -0.15) is 0 Å². The van der Waals surface area contributed by atoms with E-state index in [9.17, 15) is 0 Å². The van der Waals surface area contributed by atoms with E-state index in [0.29, 0.717) is 6.04 Å². The molecule has 2 rings (SSSR count). The second-order valence-corrected chi connectivity index (χ2v) is 4.37. The highest BCUT2D eigenvalue weighted by molar-refractivity contribution is 5.39. The Kier molecular flexibility index (Phi) is 2.91. The van der Waals surface area contributed by atoms with Crippen LogP contribution in [0.2, 0.25) is 0 Å². The molecular formula is C12H18N2O. The molecular weight excluding hydrogens is 188 g/mol. The number of aromatic nitrogens is 1. The van der Waals surface area contributed by atoms with Crippen molar-refractivity contribution >= 4 is 5.82 Å². The van der Waals surface area contributed by atoms with Gasteiger partial charge in [0.05, 0.1) is 6.61 Å². The largest absolute Gasteiger partial charge is 0.392 e. The second kappa shape index (κ2) is 4.19. The minimum atomic E-state index is 0.0647. The first-order valence-electron chi connectivity index (χ1n) is 5.51. The zero-order valence-electron chi connectivity index (χ0n) is 9.35. The van der Waals surface area contributed by atoms with Crippen molar-refractivity contribution in [3.63, 3.8) is 0 Å². The van der Waals surface area contributed by atoms with Gasteiger partial charge in [-0.1, -0.05) is 6.07 Å². The van der Waals surface area contributed by atoms with E-state index in [2.05, 4.69) is 23.9 Å². The van der Waals surface area contributed by atoms with Gasteiger partial charge in [0, 0.05) is 19.3 Å². The second-order valence-electron chi connectivity index (χ2n) is 4.37. The molecule has 1 fully saturated rings. The van der Waals surface area contributed by atoms with Crippen LogP contribution in [-0.4, -0.2) is 23.2 Å². The Bertz CT molecular complexity index is 319. The first kappa shape index (κ1) is 10.4. The summed E-state index contributed by atoms with van der Waals surface area (Å²) in [6.45, 7) is 2.31. The average molecular weight is 206 g/mol. The third kappa shape index (κ3) is 2.29. The molecule has 0 aliphatic heterocycles. The first-order chi connectivity index (χ1) is 7.22. The number of hydrogen-bond acceptors (Lipinski definition) is 3. The molecule has 0 spiro atoms. The fourth-order valence-corrected chi connectivity index (χ4v) is 1.82. The molecule has 0 radical (unpaired) electrons. The molecule has 0 aromatic carbocycles. The Morgan fingerprint density at radius 1 is 1.53 bits per heavy atom. The van der Waals surface area contributed by atoms with E-state index in [-0.39, 0.29) is 6.61 Å². The number of hydrogen-bond donors (Lipinski definition) is 1. The van der Waals surface area contributed by atoms with Crippen molar-refractivity contribution in [2.24, 2.45) is 5.92 Å². The van der Waals surface area contributed by atoms with Crippen LogP contribution >= 0.6 is 0 Å². The molecule has 82 valence electrons. The van der Waals surface area contributed by atoms with Crippen LogP contribution in [0.5, 0.6) is 0 Å². The number of anilines is 1. The summed E-state index contributed by atoms with van der Waals surface area (Å²) in [5.74, 6) is 1.83. The van der Waals surface area contributed by atoms with Crippen LogP contribution in [0.15, 0.2) is 18.3 Å². The van der Waals surface area contributed by atoms with E-state index in [0.717, 1.165) is 17.3 Å². The van der Waals surface area contributed by atoms with Crippen molar-refractivity contribution in [2.45, 2.75) is 32.4 Å². The molecule has 3 nitrogen and oxygen atoms in total. The van der Waals surface area contributed by atoms with Gasteiger partial charge in [0.1, 0.15) is 5.82 Å². The molecule has 1 aliphatic carbocycles. The zero-order chi connectivity index (χ0) is 10.8. The van der Waals surface area contributed by atoms with Gasteiger partial charge >= 0.3 is 0 Å². The average Bonchev–Trinajstić information content (AvgIpc) is 3.11. The van der Waals surface area contributed by atoms with Crippen LogP contribution in [0.4, 0.5) is 5.82 Å². The Morgan fingerprint density at radius 2 is 2.27 bits per heavy atom. The van der Waals surface area contributed by atoms with Crippen LogP contribution < -0.4 is 4.90 Å². The molecule has 0 saturated heterocycles. The summed E-state index contributed by atoms with van der Waals surface area (Å²) in [5, 5.41) is 8.92. The van der Waals surface area contributed by atoms with Crippen molar-refractivity contribution in [1.29, 1.82) is 0 Å². The maximum Gasteiger partial charge on any atom is 0.128 e. The molecule has 1 aromatic rings. The molecule has 1 aromatic heterocycles. The summed E-state index contributed by atoms with van der Waals surface area (Å²) in [4.78, 5) is 6.57. The molecule has 1 unspecified atom stereocenters. The fourth-order valence-electron chi connectivity index (χ4n) is 1.82. The minimum absolute atomic E-state index is 0.0647. The highest BCUT2D eigenvalue weighted by atomic mass is 16.3. The first-order valence-corrected chi connectivity index (χ1v) is 5.51. The normalized spacial score (nSPS) is 17.5. The predicted molar refractivity (Wildman–Crippen MR) is 60.7 cm³/mol. The van der Waals surface area contributed by atoms with Crippen LogP contribution in [0.25, 0.3) is 0 Å². The quantitative estimate of drug-likeness (QED) is 0.816. The standard InChI is InChI=1S/C12H18N2O/c1-9(11-4-5-11)14(2)12-6-3-10(8-15)7-13-12/h3,6-7,9,11,15H,4-5,8H2,1-2H3. The van der Waals surface area contributed by atoms with E-state index < -0.39 is 0 Å². The van der Waals surface area contributed by atoms with Gasteiger partial charge in [-0.3, -0.25) is 0 Å². The summed E-state index contributed by atoms with van der Waals surface area (Å²) in [6.07, 6.45) is 4.44. The lowest BCUT2D eigenvalue weighted by atomic mass is 10.2. The molecule has 1 aliphatic rings. The summed E-state index contributed by atoms with van der Waals surface area (Å²) < 4.78 is 0. The maximum absolute atomic E-state index is 8.92. The van der Waals surface area contributed by atoms with Crippen molar-refractivity contribution in [2.75, 3.05) is 11.9 Å². The summed E-state index contributed by atoms with van der Waals surface area (Å²) >= 11 is 0. The third-order valence-electron chi connectivity index (χ3n) is 3.27. The van der Waals surface area contributed by atoms with Gasteiger partial charge in [-0.05, 0) is 37.3 Å². The zero-order valence-corrected chi connectivity index (χ0v) is 9.35. The Morgan fingerprint density at radius 3 is 2.73 bits per heavy atom. The lowest BCUT2D eigenvalue weighted by Gasteiger charge is -2.25. The lowest BCUT2D eigenvalue weighted by Crippen LogP contribution is -2.31. The van der Waals surface area contributed by atoms with E-state index in [1.54, 1.807) is 6.20 Å². The number of pyridine rings is 1. The van der Waals surface area contributed by atoms with Crippen molar-refractivity contribution in [3.05, 3.63) is 23.9 Å². The van der Waals surface area contributed by atoms with Crippen molar-refractivity contribution in [3.8, 4) is 0 Å². The molecule has 0 amide bonds. The van der Waals surface area contributed by atoms with E-state index in [1.165, 1.54) is 12.8 Å². The van der Waals surface area contributed by atoms with Crippen LogP contribution in [0.3, 0.4) is 0 Å². The van der Waals surface area contributed by atoms with Gasteiger partial charge in [0.25, 0.3) is 0 Å². The van der Waals surface area contributed by atoms with Gasteiger partial charge in [0.2, 0.25) is 0 Å². The van der Waals surface area contributed by atoms with Crippen LogP contribution in [0, 0.1) is 5.92 Å². The van der Waals surface area contributed by atoms with Crippen LogP contribution in [-0.2, 0) is 6.61 Å². The summed E-state index contributed by atoms with van der Waals surface area (Å²) in [7, 11) is 2.09. The Labute approximate surface area is 90.8 Å². The number of aliphatic hydroxyl groups excluding tert-OH is 1. The van der Waals surface area contributed by atoms with Gasteiger partial charge in [0.15, 0.2) is 0 Å². The number of nitrogens with zero attached hydrogens (tertiary/aromatic N) is 2. The smallest absolute Gasteiger partial charge is 0.128 e. The summed E-state index contributed by atoms with van der Waals surface area (Å²) in [5.41, 5.74) is 0.867.